The Hall–Kier alpha value is -2.81. The zero-order valence-electron chi connectivity index (χ0n) is 13.3. The van der Waals surface area contributed by atoms with Crippen LogP contribution in [0, 0.1) is 10.1 Å². The smallest absolute Gasteiger partial charge is 0.269 e. The predicted octanol–water partition coefficient (Wildman–Crippen LogP) is 2.06. The molecule has 128 valence electrons. The van der Waals surface area contributed by atoms with E-state index < -0.39 is 0 Å². The minimum Gasteiger partial charge on any atom is -0.367 e. The summed E-state index contributed by atoms with van der Waals surface area (Å²) in [6.45, 7) is 0.502. The van der Waals surface area contributed by atoms with Gasteiger partial charge < -0.3 is 10.6 Å². The Morgan fingerprint density at radius 2 is 2.40 bits per heavy atom. The molecule has 0 amide bonds. The van der Waals surface area contributed by atoms with Crippen molar-refractivity contribution in [2.45, 2.75) is 18.3 Å². The number of aromatic nitrogens is 2. The Morgan fingerprint density at radius 3 is 3.20 bits per heavy atom. The van der Waals surface area contributed by atoms with Gasteiger partial charge in [-0.2, -0.15) is 0 Å². The molecule has 4 rings (SSSR count). The molecule has 1 saturated heterocycles. The van der Waals surface area contributed by atoms with Crippen molar-refractivity contribution in [2.24, 2.45) is 4.99 Å². The number of nitro benzene ring substituents is 1. The Bertz CT molecular complexity index is 861. The fraction of sp³-hybridized carbons (Fsp3) is 0.250. The molecule has 2 aliphatic rings. The van der Waals surface area contributed by atoms with Gasteiger partial charge in [0.25, 0.3) is 5.69 Å². The number of fused-ring (bicyclic) bond motifs is 1. The Morgan fingerprint density at radius 1 is 1.48 bits per heavy atom. The molecule has 0 bridgehead atoms. The van der Waals surface area contributed by atoms with Gasteiger partial charge in [0.2, 0.25) is 5.96 Å². The van der Waals surface area contributed by atoms with Crippen LogP contribution in [0.2, 0.25) is 0 Å². The van der Waals surface area contributed by atoms with Crippen LogP contribution < -0.4 is 10.6 Å². The minimum atomic E-state index is -0.377. The van der Waals surface area contributed by atoms with Crippen molar-refractivity contribution in [3.63, 3.8) is 0 Å². The topological polar surface area (TPSA) is 97.4 Å². The molecule has 1 aromatic carbocycles. The van der Waals surface area contributed by atoms with Gasteiger partial charge in [-0.15, -0.1) is 11.8 Å². The lowest BCUT2D eigenvalue weighted by molar-refractivity contribution is -0.384. The Balaban J connectivity index is 1.53. The van der Waals surface area contributed by atoms with E-state index in [4.69, 9.17) is 4.99 Å². The Kier molecular flexibility index (Phi) is 4.14. The van der Waals surface area contributed by atoms with Gasteiger partial charge >= 0.3 is 0 Å². The first-order chi connectivity index (χ1) is 12.2. The van der Waals surface area contributed by atoms with Crippen molar-refractivity contribution < 1.29 is 4.92 Å². The molecule has 2 N–H and O–H groups in total. The highest BCUT2D eigenvalue weighted by Crippen LogP contribution is 2.35. The summed E-state index contributed by atoms with van der Waals surface area (Å²) in [6, 6.07) is 6.66. The molecule has 25 heavy (non-hydrogen) atoms. The third-order valence-electron chi connectivity index (χ3n) is 4.08. The lowest BCUT2D eigenvalue weighted by atomic mass is 10.1. The molecule has 1 unspecified atom stereocenters. The molecule has 2 aromatic rings. The SMILES string of the molecule is O=[N+]([O-])c1cccc(CNC2=C3CCSC3N=C(n3ccnc3)N2)c1. The second-order valence-electron chi connectivity index (χ2n) is 5.70. The van der Waals surface area contributed by atoms with E-state index in [1.165, 1.54) is 11.6 Å². The lowest BCUT2D eigenvalue weighted by Gasteiger charge is -2.24. The van der Waals surface area contributed by atoms with Gasteiger partial charge in [0, 0.05) is 36.6 Å². The van der Waals surface area contributed by atoms with Gasteiger partial charge in [0.1, 0.15) is 17.5 Å². The van der Waals surface area contributed by atoms with Crippen molar-refractivity contribution in [1.29, 1.82) is 0 Å². The van der Waals surface area contributed by atoms with E-state index in [1.54, 1.807) is 24.7 Å². The molecular weight excluding hydrogens is 340 g/mol. The van der Waals surface area contributed by atoms with E-state index in [-0.39, 0.29) is 16.0 Å². The quantitative estimate of drug-likeness (QED) is 0.643. The highest BCUT2D eigenvalue weighted by Gasteiger charge is 2.29. The number of rotatable bonds is 4. The summed E-state index contributed by atoms with van der Waals surface area (Å²) < 4.78 is 1.84. The van der Waals surface area contributed by atoms with Crippen molar-refractivity contribution in [3.8, 4) is 0 Å². The minimum absolute atomic E-state index is 0.100. The summed E-state index contributed by atoms with van der Waals surface area (Å²) in [7, 11) is 0. The number of hydrogen-bond acceptors (Lipinski definition) is 7. The van der Waals surface area contributed by atoms with Crippen molar-refractivity contribution in [1.82, 2.24) is 20.2 Å². The number of nitrogens with zero attached hydrogens (tertiary/aromatic N) is 4. The molecule has 1 atom stereocenters. The number of hydrogen-bond donors (Lipinski definition) is 2. The van der Waals surface area contributed by atoms with Crippen LogP contribution in [0.4, 0.5) is 5.69 Å². The van der Waals surface area contributed by atoms with Gasteiger partial charge in [-0.25, -0.2) is 9.98 Å². The fourth-order valence-electron chi connectivity index (χ4n) is 2.85. The van der Waals surface area contributed by atoms with Crippen LogP contribution in [0.1, 0.15) is 12.0 Å². The van der Waals surface area contributed by atoms with Crippen LogP contribution in [-0.2, 0) is 6.54 Å². The zero-order chi connectivity index (χ0) is 17.2. The first kappa shape index (κ1) is 15.7. The average molecular weight is 356 g/mol. The summed E-state index contributed by atoms with van der Waals surface area (Å²) in [6.07, 6.45) is 6.23. The number of aliphatic imine (C=N–C) groups is 1. The van der Waals surface area contributed by atoms with E-state index in [9.17, 15) is 10.1 Å². The molecule has 3 heterocycles. The highest BCUT2D eigenvalue weighted by molar-refractivity contribution is 8.00. The van der Waals surface area contributed by atoms with E-state index in [1.807, 2.05) is 28.6 Å². The fourth-order valence-corrected chi connectivity index (χ4v) is 4.02. The summed E-state index contributed by atoms with van der Waals surface area (Å²) >= 11 is 1.81. The molecule has 0 aliphatic carbocycles. The molecule has 0 radical (unpaired) electrons. The third-order valence-corrected chi connectivity index (χ3v) is 5.23. The second kappa shape index (κ2) is 6.60. The summed E-state index contributed by atoms with van der Waals surface area (Å²) in [5, 5.41) is 17.7. The molecule has 1 fully saturated rings. The first-order valence-electron chi connectivity index (χ1n) is 7.86. The van der Waals surface area contributed by atoms with Gasteiger partial charge in [-0.1, -0.05) is 12.1 Å². The van der Waals surface area contributed by atoms with Gasteiger partial charge in [0.05, 0.1) is 4.92 Å². The summed E-state index contributed by atoms with van der Waals surface area (Å²) in [5.41, 5.74) is 2.20. The van der Waals surface area contributed by atoms with Crippen molar-refractivity contribution >= 4 is 23.4 Å². The molecule has 2 aliphatic heterocycles. The van der Waals surface area contributed by atoms with Gasteiger partial charge in [-0.3, -0.25) is 14.7 Å². The van der Waals surface area contributed by atoms with E-state index >= 15 is 0 Å². The largest absolute Gasteiger partial charge is 0.367 e. The second-order valence-corrected chi connectivity index (χ2v) is 6.89. The first-order valence-corrected chi connectivity index (χ1v) is 8.90. The van der Waals surface area contributed by atoms with Gasteiger partial charge in [-0.05, 0) is 17.7 Å². The van der Waals surface area contributed by atoms with Crippen LogP contribution in [-0.4, -0.2) is 31.6 Å². The average Bonchev–Trinajstić information content (AvgIpc) is 3.31. The highest BCUT2D eigenvalue weighted by atomic mass is 32.2. The van der Waals surface area contributed by atoms with Crippen LogP contribution in [0.3, 0.4) is 0 Å². The molecule has 1 aromatic heterocycles. The number of thioether (sulfide) groups is 1. The molecule has 0 saturated carbocycles. The van der Waals surface area contributed by atoms with Crippen LogP contribution in [0.15, 0.2) is 59.4 Å². The molecule has 0 spiro atoms. The number of benzene rings is 1. The number of imidazole rings is 1. The molecule has 9 heteroatoms. The summed E-state index contributed by atoms with van der Waals surface area (Å²) in [5.74, 6) is 2.69. The third kappa shape index (κ3) is 3.22. The Labute approximate surface area is 148 Å². The van der Waals surface area contributed by atoms with Crippen LogP contribution in [0.5, 0.6) is 0 Å². The normalized spacial score (nSPS) is 19.2. The van der Waals surface area contributed by atoms with E-state index in [0.29, 0.717) is 6.54 Å². The number of nitrogens with one attached hydrogen (secondary N) is 2. The lowest BCUT2D eigenvalue weighted by Crippen LogP contribution is -2.40. The van der Waals surface area contributed by atoms with E-state index in [0.717, 1.165) is 29.5 Å². The van der Waals surface area contributed by atoms with E-state index in [2.05, 4.69) is 15.6 Å². The standard InChI is InChI=1S/C16H16N6O2S/c23-22(24)12-3-1-2-11(8-12)9-18-14-13-4-7-25-15(13)20-16(19-14)21-6-5-17-10-21/h1-3,5-6,8,10,15,18H,4,7,9H2,(H,19,20). The maximum atomic E-state index is 10.9. The molecule has 8 nitrogen and oxygen atoms in total. The predicted molar refractivity (Wildman–Crippen MR) is 96.0 cm³/mol. The van der Waals surface area contributed by atoms with Crippen LogP contribution >= 0.6 is 11.8 Å². The molecular formula is C16H16N6O2S. The zero-order valence-corrected chi connectivity index (χ0v) is 14.1. The van der Waals surface area contributed by atoms with Crippen molar-refractivity contribution in [3.05, 3.63) is 70.1 Å². The maximum absolute atomic E-state index is 10.9. The summed E-state index contributed by atoms with van der Waals surface area (Å²) in [4.78, 5) is 19.3. The monoisotopic (exact) mass is 356 g/mol. The van der Waals surface area contributed by atoms with Crippen molar-refractivity contribution in [2.75, 3.05) is 5.75 Å². The van der Waals surface area contributed by atoms with Crippen LogP contribution in [0.25, 0.3) is 0 Å². The maximum Gasteiger partial charge on any atom is 0.269 e. The number of nitro groups is 1. The van der Waals surface area contributed by atoms with Gasteiger partial charge in [0.15, 0.2) is 0 Å². The number of non-ortho nitro benzene ring substituents is 1.